The predicted octanol–water partition coefficient (Wildman–Crippen LogP) is 0.0398. The van der Waals surface area contributed by atoms with Crippen LogP contribution in [0.25, 0.3) is 0 Å². The van der Waals surface area contributed by atoms with E-state index in [0.29, 0.717) is 12.2 Å². The Kier molecular flexibility index (Phi) is 4.25. The van der Waals surface area contributed by atoms with Gasteiger partial charge in [-0.3, -0.25) is 14.7 Å². The summed E-state index contributed by atoms with van der Waals surface area (Å²) in [5, 5.41) is 0. The van der Waals surface area contributed by atoms with Gasteiger partial charge in [-0.15, -0.1) is 0 Å². The minimum absolute atomic E-state index is 0.0305. The van der Waals surface area contributed by atoms with Gasteiger partial charge in [-0.2, -0.15) is 0 Å². The SMILES string of the molecule is CC(C)(CN)N1CCN(c2ccnc(C(N)=O)c2)CC1. The Balaban J connectivity index is 2.04. The van der Waals surface area contributed by atoms with Gasteiger partial charge in [0.1, 0.15) is 5.69 Å². The molecular weight excluding hydrogens is 254 g/mol. The predicted molar refractivity (Wildman–Crippen MR) is 79.7 cm³/mol. The Morgan fingerprint density at radius 2 is 2.00 bits per heavy atom. The van der Waals surface area contributed by atoms with Gasteiger partial charge in [0.15, 0.2) is 0 Å². The largest absolute Gasteiger partial charge is 0.369 e. The Bertz CT molecular complexity index is 480. The minimum Gasteiger partial charge on any atom is -0.369 e. The molecular formula is C14H23N5O. The molecule has 1 aliphatic heterocycles. The van der Waals surface area contributed by atoms with E-state index in [1.807, 2.05) is 6.07 Å². The molecule has 0 saturated carbocycles. The Labute approximate surface area is 119 Å². The number of hydrogen-bond donors (Lipinski definition) is 2. The van der Waals surface area contributed by atoms with Gasteiger partial charge in [0.05, 0.1) is 0 Å². The number of nitrogens with two attached hydrogens (primary N) is 2. The van der Waals surface area contributed by atoms with Crippen LogP contribution in [0.15, 0.2) is 18.3 Å². The highest BCUT2D eigenvalue weighted by Crippen LogP contribution is 2.20. The Morgan fingerprint density at radius 1 is 1.35 bits per heavy atom. The molecule has 1 aromatic rings. The number of rotatable bonds is 4. The van der Waals surface area contributed by atoms with Gasteiger partial charge in [0.25, 0.3) is 5.91 Å². The molecule has 0 aliphatic carbocycles. The summed E-state index contributed by atoms with van der Waals surface area (Å²) in [6, 6.07) is 3.67. The van der Waals surface area contributed by atoms with Gasteiger partial charge in [0, 0.05) is 50.1 Å². The Hall–Kier alpha value is -1.66. The third-order valence-corrected chi connectivity index (χ3v) is 4.00. The topological polar surface area (TPSA) is 88.5 Å². The van der Waals surface area contributed by atoms with Crippen LogP contribution in [0.3, 0.4) is 0 Å². The summed E-state index contributed by atoms with van der Waals surface area (Å²) in [4.78, 5) is 19.8. The molecule has 4 N–H and O–H groups in total. The van der Waals surface area contributed by atoms with Crippen LogP contribution in [-0.4, -0.2) is 54.1 Å². The third kappa shape index (κ3) is 3.08. The molecule has 0 atom stereocenters. The number of primary amides is 1. The lowest BCUT2D eigenvalue weighted by molar-refractivity contribution is 0.0995. The molecule has 0 radical (unpaired) electrons. The standard InChI is InChI=1S/C14H23N5O/c1-14(2,10-15)19-7-5-18(6-8-19)11-3-4-17-12(9-11)13(16)20/h3-4,9H,5-8,10,15H2,1-2H3,(H2,16,20). The lowest BCUT2D eigenvalue weighted by Gasteiger charge is -2.44. The van der Waals surface area contributed by atoms with Gasteiger partial charge >= 0.3 is 0 Å². The average Bonchev–Trinajstić information content (AvgIpc) is 2.47. The number of hydrogen-bond acceptors (Lipinski definition) is 5. The zero-order valence-electron chi connectivity index (χ0n) is 12.2. The van der Waals surface area contributed by atoms with E-state index in [4.69, 9.17) is 11.5 Å². The van der Waals surface area contributed by atoms with Crippen molar-refractivity contribution in [2.45, 2.75) is 19.4 Å². The molecule has 1 aliphatic rings. The van der Waals surface area contributed by atoms with Gasteiger partial charge < -0.3 is 16.4 Å². The molecule has 1 saturated heterocycles. The summed E-state index contributed by atoms with van der Waals surface area (Å²) >= 11 is 0. The highest BCUT2D eigenvalue weighted by Gasteiger charge is 2.28. The summed E-state index contributed by atoms with van der Waals surface area (Å²) in [5.74, 6) is -0.491. The van der Waals surface area contributed by atoms with Gasteiger partial charge in [-0.05, 0) is 26.0 Å². The quantitative estimate of drug-likeness (QED) is 0.811. The molecule has 1 aromatic heterocycles. The minimum atomic E-state index is -0.491. The number of anilines is 1. The molecule has 0 spiro atoms. The molecule has 1 amide bonds. The van der Waals surface area contributed by atoms with Gasteiger partial charge in [0.2, 0.25) is 0 Å². The van der Waals surface area contributed by atoms with Crippen molar-refractivity contribution >= 4 is 11.6 Å². The first-order chi connectivity index (χ1) is 9.44. The second kappa shape index (κ2) is 5.76. The first-order valence-electron chi connectivity index (χ1n) is 6.90. The first kappa shape index (κ1) is 14.7. The van der Waals surface area contributed by atoms with Crippen LogP contribution < -0.4 is 16.4 Å². The fourth-order valence-corrected chi connectivity index (χ4v) is 2.45. The molecule has 0 aromatic carbocycles. The van der Waals surface area contributed by atoms with Crippen LogP contribution >= 0.6 is 0 Å². The molecule has 110 valence electrons. The zero-order valence-corrected chi connectivity index (χ0v) is 12.2. The summed E-state index contributed by atoms with van der Waals surface area (Å²) in [6.07, 6.45) is 1.63. The molecule has 6 nitrogen and oxygen atoms in total. The van der Waals surface area contributed by atoms with E-state index >= 15 is 0 Å². The number of amides is 1. The third-order valence-electron chi connectivity index (χ3n) is 4.00. The van der Waals surface area contributed by atoms with E-state index in [9.17, 15) is 4.79 Å². The van der Waals surface area contributed by atoms with Crippen molar-refractivity contribution in [3.63, 3.8) is 0 Å². The summed E-state index contributed by atoms with van der Waals surface area (Å²) in [5.41, 5.74) is 12.4. The maximum absolute atomic E-state index is 11.2. The van der Waals surface area contributed by atoms with Crippen molar-refractivity contribution in [2.24, 2.45) is 11.5 Å². The number of carbonyl (C=O) groups excluding carboxylic acids is 1. The highest BCUT2D eigenvalue weighted by molar-refractivity contribution is 5.91. The summed E-state index contributed by atoms with van der Waals surface area (Å²) in [6.45, 7) is 8.71. The normalized spacial score (nSPS) is 17.2. The number of aromatic nitrogens is 1. The molecule has 20 heavy (non-hydrogen) atoms. The van der Waals surface area contributed by atoms with Crippen molar-refractivity contribution in [2.75, 3.05) is 37.6 Å². The van der Waals surface area contributed by atoms with E-state index in [1.54, 1.807) is 12.3 Å². The first-order valence-corrected chi connectivity index (χ1v) is 6.90. The summed E-state index contributed by atoms with van der Waals surface area (Å²) in [7, 11) is 0. The van der Waals surface area contributed by atoms with Crippen LogP contribution in [0.4, 0.5) is 5.69 Å². The van der Waals surface area contributed by atoms with Crippen molar-refractivity contribution < 1.29 is 4.79 Å². The van der Waals surface area contributed by atoms with E-state index in [2.05, 4.69) is 28.6 Å². The van der Waals surface area contributed by atoms with E-state index in [0.717, 1.165) is 31.9 Å². The van der Waals surface area contributed by atoms with Crippen LogP contribution in [0.1, 0.15) is 24.3 Å². The average molecular weight is 277 g/mol. The monoisotopic (exact) mass is 277 g/mol. The fraction of sp³-hybridized carbons (Fsp3) is 0.571. The lowest BCUT2D eigenvalue weighted by atomic mass is 10.0. The molecule has 0 bridgehead atoms. The number of piperazine rings is 1. The van der Waals surface area contributed by atoms with Crippen LogP contribution in [0.5, 0.6) is 0 Å². The Morgan fingerprint density at radius 3 is 2.55 bits per heavy atom. The van der Waals surface area contributed by atoms with Crippen molar-refractivity contribution in [1.82, 2.24) is 9.88 Å². The van der Waals surface area contributed by atoms with Crippen LogP contribution in [-0.2, 0) is 0 Å². The lowest BCUT2D eigenvalue weighted by Crippen LogP contribution is -2.57. The number of pyridine rings is 1. The fourth-order valence-electron chi connectivity index (χ4n) is 2.45. The maximum atomic E-state index is 11.2. The highest BCUT2D eigenvalue weighted by atomic mass is 16.1. The van der Waals surface area contributed by atoms with Crippen molar-refractivity contribution in [3.8, 4) is 0 Å². The molecule has 0 unspecified atom stereocenters. The van der Waals surface area contributed by atoms with E-state index in [-0.39, 0.29) is 5.54 Å². The van der Waals surface area contributed by atoms with Gasteiger partial charge in [-0.25, -0.2) is 0 Å². The molecule has 6 heteroatoms. The molecule has 2 heterocycles. The second-order valence-electron chi connectivity index (χ2n) is 5.75. The van der Waals surface area contributed by atoms with Gasteiger partial charge in [-0.1, -0.05) is 0 Å². The molecule has 2 rings (SSSR count). The number of nitrogens with zero attached hydrogens (tertiary/aromatic N) is 3. The number of carbonyl (C=O) groups is 1. The zero-order chi connectivity index (χ0) is 14.8. The van der Waals surface area contributed by atoms with E-state index in [1.165, 1.54) is 0 Å². The van der Waals surface area contributed by atoms with E-state index < -0.39 is 5.91 Å². The van der Waals surface area contributed by atoms with Crippen molar-refractivity contribution in [3.05, 3.63) is 24.0 Å². The second-order valence-corrected chi connectivity index (χ2v) is 5.75. The summed E-state index contributed by atoms with van der Waals surface area (Å²) < 4.78 is 0. The van der Waals surface area contributed by atoms with Crippen molar-refractivity contribution in [1.29, 1.82) is 0 Å². The van der Waals surface area contributed by atoms with Crippen LogP contribution in [0.2, 0.25) is 0 Å². The maximum Gasteiger partial charge on any atom is 0.267 e. The van der Waals surface area contributed by atoms with Crippen LogP contribution in [0, 0.1) is 0 Å². The molecule has 1 fully saturated rings. The smallest absolute Gasteiger partial charge is 0.267 e.